The summed E-state index contributed by atoms with van der Waals surface area (Å²) in [6.07, 6.45) is 0.371. The van der Waals surface area contributed by atoms with Crippen LogP contribution in [0.25, 0.3) is 0 Å². The minimum Gasteiger partial charge on any atom is -0.354 e. The van der Waals surface area contributed by atoms with Crippen molar-refractivity contribution in [3.8, 4) is 0 Å². The molecule has 0 radical (unpaired) electrons. The number of sulfonamides is 1. The maximum atomic E-state index is 14.1. The van der Waals surface area contributed by atoms with Gasteiger partial charge in [-0.25, -0.2) is 8.42 Å². The molecule has 0 aliphatic rings. The number of halogens is 1. The van der Waals surface area contributed by atoms with E-state index in [1.165, 1.54) is 29.2 Å². The number of amides is 2. The van der Waals surface area contributed by atoms with Crippen molar-refractivity contribution in [2.24, 2.45) is 5.92 Å². The zero-order valence-electron chi connectivity index (χ0n) is 23.7. The molecule has 1 unspecified atom stereocenters. The Hall–Kier alpha value is -3.36. The molecule has 0 heterocycles. The number of carbonyl (C=O) groups excluding carboxylic acids is 2. The molecule has 0 saturated heterocycles. The van der Waals surface area contributed by atoms with Gasteiger partial charge in [0.2, 0.25) is 11.8 Å². The number of anilines is 1. The van der Waals surface area contributed by atoms with Crippen molar-refractivity contribution in [2.45, 2.75) is 58.5 Å². The van der Waals surface area contributed by atoms with Crippen LogP contribution in [0.3, 0.4) is 0 Å². The van der Waals surface area contributed by atoms with E-state index in [1.807, 2.05) is 58.9 Å². The molecule has 0 spiro atoms. The minimum absolute atomic E-state index is 0.0115. The predicted molar refractivity (Wildman–Crippen MR) is 161 cm³/mol. The van der Waals surface area contributed by atoms with Crippen LogP contribution in [0.15, 0.2) is 77.7 Å². The van der Waals surface area contributed by atoms with E-state index in [-0.39, 0.29) is 23.3 Å². The zero-order chi connectivity index (χ0) is 29.4. The van der Waals surface area contributed by atoms with Gasteiger partial charge < -0.3 is 10.2 Å². The molecule has 0 saturated carbocycles. The molecule has 7 nitrogen and oxygen atoms in total. The lowest BCUT2D eigenvalue weighted by Gasteiger charge is -2.33. The van der Waals surface area contributed by atoms with Gasteiger partial charge in [0.25, 0.3) is 10.0 Å². The van der Waals surface area contributed by atoms with Crippen LogP contribution in [0.4, 0.5) is 5.69 Å². The number of rotatable bonds is 12. The molecule has 40 heavy (non-hydrogen) atoms. The van der Waals surface area contributed by atoms with Crippen molar-refractivity contribution < 1.29 is 18.0 Å². The maximum Gasteiger partial charge on any atom is 0.264 e. The maximum absolute atomic E-state index is 14.1. The van der Waals surface area contributed by atoms with Crippen LogP contribution in [0, 0.1) is 19.8 Å². The van der Waals surface area contributed by atoms with Crippen LogP contribution in [-0.4, -0.2) is 44.3 Å². The lowest BCUT2D eigenvalue weighted by Crippen LogP contribution is -2.52. The van der Waals surface area contributed by atoms with E-state index in [2.05, 4.69) is 5.32 Å². The third-order valence-corrected chi connectivity index (χ3v) is 8.71. The normalized spacial score (nSPS) is 12.2. The molecule has 214 valence electrons. The largest absolute Gasteiger partial charge is 0.354 e. The van der Waals surface area contributed by atoms with E-state index in [0.717, 1.165) is 21.0 Å². The van der Waals surface area contributed by atoms with Crippen molar-refractivity contribution in [3.63, 3.8) is 0 Å². The highest BCUT2D eigenvalue weighted by molar-refractivity contribution is 7.92. The molecule has 2 amide bonds. The molecule has 3 rings (SSSR count). The molecule has 0 aromatic heterocycles. The molecule has 9 heteroatoms. The Morgan fingerprint density at radius 2 is 1.55 bits per heavy atom. The lowest BCUT2D eigenvalue weighted by molar-refractivity contribution is -0.140. The van der Waals surface area contributed by atoms with Crippen molar-refractivity contribution >= 4 is 39.1 Å². The predicted octanol–water partition coefficient (Wildman–Crippen LogP) is 5.73. The van der Waals surface area contributed by atoms with Crippen LogP contribution >= 0.6 is 11.6 Å². The fourth-order valence-corrected chi connectivity index (χ4v) is 5.83. The summed E-state index contributed by atoms with van der Waals surface area (Å²) < 4.78 is 28.9. The number of nitrogens with one attached hydrogen (secondary N) is 1. The third kappa shape index (κ3) is 7.86. The van der Waals surface area contributed by atoms with Gasteiger partial charge in [-0.05, 0) is 73.7 Å². The third-order valence-electron chi connectivity index (χ3n) is 6.67. The molecule has 0 aliphatic heterocycles. The SMILES string of the molecule is CCC(C(=O)NCC(C)C)N(Cc1ccccc1C)C(=O)CN(c1ccc(C)cc1)S(=O)(=O)c1ccc(Cl)cc1. The van der Waals surface area contributed by atoms with Crippen LogP contribution in [0.5, 0.6) is 0 Å². The van der Waals surface area contributed by atoms with Crippen molar-refractivity contribution in [1.82, 2.24) is 10.2 Å². The highest BCUT2D eigenvalue weighted by Crippen LogP contribution is 2.26. The number of hydrogen-bond acceptors (Lipinski definition) is 4. The Morgan fingerprint density at radius 3 is 2.12 bits per heavy atom. The summed E-state index contributed by atoms with van der Waals surface area (Å²) in [5.74, 6) is -0.503. The van der Waals surface area contributed by atoms with Gasteiger partial charge in [0, 0.05) is 18.1 Å². The smallest absolute Gasteiger partial charge is 0.264 e. The Labute approximate surface area is 243 Å². The molecule has 0 aliphatic carbocycles. The zero-order valence-corrected chi connectivity index (χ0v) is 25.3. The van der Waals surface area contributed by atoms with Crippen molar-refractivity contribution in [3.05, 3.63) is 94.5 Å². The molecular formula is C31H38ClN3O4S. The molecule has 0 fully saturated rings. The molecule has 3 aromatic carbocycles. The van der Waals surface area contributed by atoms with Crippen LogP contribution in [0.2, 0.25) is 5.02 Å². The van der Waals surface area contributed by atoms with Gasteiger partial charge in [0.15, 0.2) is 0 Å². The first kappa shape index (κ1) is 31.2. The van der Waals surface area contributed by atoms with Gasteiger partial charge in [-0.1, -0.05) is 74.3 Å². The van der Waals surface area contributed by atoms with E-state index in [0.29, 0.717) is 23.7 Å². The topological polar surface area (TPSA) is 86.8 Å². The van der Waals surface area contributed by atoms with Gasteiger partial charge >= 0.3 is 0 Å². The summed E-state index contributed by atoms with van der Waals surface area (Å²) in [6.45, 7) is 9.86. The first-order valence-electron chi connectivity index (χ1n) is 13.4. The first-order chi connectivity index (χ1) is 18.9. The van der Waals surface area contributed by atoms with Crippen LogP contribution in [0.1, 0.15) is 43.9 Å². The van der Waals surface area contributed by atoms with E-state index in [4.69, 9.17) is 11.6 Å². The molecule has 3 aromatic rings. The second-order valence-electron chi connectivity index (χ2n) is 10.3. The lowest BCUT2D eigenvalue weighted by atomic mass is 10.1. The average molecular weight is 584 g/mol. The van der Waals surface area contributed by atoms with Crippen LogP contribution in [-0.2, 0) is 26.2 Å². The second kappa shape index (κ2) is 13.8. The number of nitrogens with zero attached hydrogens (tertiary/aromatic N) is 2. The van der Waals surface area contributed by atoms with Gasteiger partial charge in [0.05, 0.1) is 10.6 Å². The van der Waals surface area contributed by atoms with Gasteiger partial charge in [0.1, 0.15) is 12.6 Å². The number of aryl methyl sites for hydroxylation is 2. The standard InChI is InChI=1S/C31H38ClN3O4S/c1-6-29(31(37)33-19-22(2)3)34(20-25-10-8-7-9-24(25)5)30(36)21-35(27-15-11-23(4)12-16-27)40(38,39)28-17-13-26(32)14-18-28/h7-18,22,29H,6,19-21H2,1-5H3,(H,33,37). The van der Waals surface area contributed by atoms with Gasteiger partial charge in [-0.3, -0.25) is 13.9 Å². The molecule has 1 atom stereocenters. The monoisotopic (exact) mass is 583 g/mol. The summed E-state index contributed by atoms with van der Waals surface area (Å²) in [6, 6.07) is 19.7. The highest BCUT2D eigenvalue weighted by atomic mass is 35.5. The fourth-order valence-electron chi connectivity index (χ4n) is 4.29. The number of hydrogen-bond donors (Lipinski definition) is 1. The van der Waals surface area contributed by atoms with E-state index < -0.39 is 28.5 Å². The minimum atomic E-state index is -4.14. The first-order valence-corrected chi connectivity index (χ1v) is 15.2. The van der Waals surface area contributed by atoms with Gasteiger partial charge in [-0.2, -0.15) is 0 Å². The fraction of sp³-hybridized carbons (Fsp3) is 0.355. The molecular weight excluding hydrogens is 546 g/mol. The summed E-state index contributed by atoms with van der Waals surface area (Å²) in [7, 11) is -4.14. The molecule has 0 bridgehead atoms. The second-order valence-corrected chi connectivity index (χ2v) is 12.6. The number of benzene rings is 3. The summed E-state index contributed by atoms with van der Waals surface area (Å²) in [5.41, 5.74) is 3.16. The Kier molecular flexibility index (Phi) is 10.8. The summed E-state index contributed by atoms with van der Waals surface area (Å²) in [5, 5.41) is 3.35. The van der Waals surface area contributed by atoms with E-state index >= 15 is 0 Å². The quantitative estimate of drug-likeness (QED) is 0.295. The van der Waals surface area contributed by atoms with E-state index in [1.54, 1.807) is 24.3 Å². The van der Waals surface area contributed by atoms with Gasteiger partial charge in [-0.15, -0.1) is 0 Å². The van der Waals surface area contributed by atoms with E-state index in [9.17, 15) is 18.0 Å². The van der Waals surface area contributed by atoms with Crippen molar-refractivity contribution in [2.75, 3.05) is 17.4 Å². The molecule has 1 N–H and O–H groups in total. The van der Waals surface area contributed by atoms with Crippen LogP contribution < -0.4 is 9.62 Å². The van der Waals surface area contributed by atoms with Crippen molar-refractivity contribution in [1.29, 1.82) is 0 Å². The Balaban J connectivity index is 2.05. The highest BCUT2D eigenvalue weighted by Gasteiger charge is 2.33. The summed E-state index contributed by atoms with van der Waals surface area (Å²) in [4.78, 5) is 28.9. The number of carbonyl (C=O) groups is 2. The Morgan fingerprint density at radius 1 is 0.925 bits per heavy atom. The Bertz CT molecular complexity index is 1410. The average Bonchev–Trinajstić information content (AvgIpc) is 2.92. The summed E-state index contributed by atoms with van der Waals surface area (Å²) >= 11 is 6.01.